The topological polar surface area (TPSA) is 50.3 Å². The fraction of sp³-hybridized carbons (Fsp3) is 0.238. The number of hydrogen-bond donors (Lipinski definition) is 1. The van der Waals surface area contributed by atoms with Gasteiger partial charge in [0.05, 0.1) is 12.3 Å². The Bertz CT molecular complexity index is 809. The zero-order valence-corrected chi connectivity index (χ0v) is 15.2. The molecular weight excluding hydrogens is 324 g/mol. The first-order valence-electron chi connectivity index (χ1n) is 8.68. The summed E-state index contributed by atoms with van der Waals surface area (Å²) in [6, 6.07) is 22.5. The van der Waals surface area contributed by atoms with E-state index in [1.807, 2.05) is 49.5 Å². The predicted octanol–water partition coefficient (Wildman–Crippen LogP) is 3.84. The van der Waals surface area contributed by atoms with E-state index in [0.717, 1.165) is 23.6 Å². The molecule has 1 heterocycles. The zero-order chi connectivity index (χ0) is 18.2. The van der Waals surface area contributed by atoms with Crippen molar-refractivity contribution >= 4 is 11.8 Å². The van der Waals surface area contributed by atoms with Crippen LogP contribution >= 0.6 is 0 Å². The summed E-state index contributed by atoms with van der Waals surface area (Å²) >= 11 is 0. The van der Waals surface area contributed by atoms with Gasteiger partial charge < -0.3 is 15.0 Å². The van der Waals surface area contributed by atoms with Gasteiger partial charge in [0.25, 0.3) is 0 Å². The lowest BCUT2D eigenvalue weighted by atomic mass is 10.1. The molecule has 134 valence electrons. The summed E-state index contributed by atoms with van der Waals surface area (Å²) in [5, 5.41) is 3.31. The predicted molar refractivity (Wildman–Crippen MR) is 106 cm³/mol. The molecule has 0 radical (unpaired) electrons. The highest BCUT2D eigenvalue weighted by atomic mass is 16.5. The second kappa shape index (κ2) is 8.97. The van der Waals surface area contributed by atoms with Crippen molar-refractivity contribution in [3.8, 4) is 11.3 Å². The first kappa shape index (κ1) is 17.9. The normalized spacial score (nSPS) is 10.5. The minimum absolute atomic E-state index is 0.625. The van der Waals surface area contributed by atoms with Crippen molar-refractivity contribution in [3.63, 3.8) is 0 Å². The van der Waals surface area contributed by atoms with Gasteiger partial charge in [-0.2, -0.15) is 4.98 Å². The van der Waals surface area contributed by atoms with Crippen LogP contribution in [0.15, 0.2) is 66.7 Å². The van der Waals surface area contributed by atoms with Gasteiger partial charge in [-0.05, 0) is 5.56 Å². The van der Waals surface area contributed by atoms with Gasteiger partial charge >= 0.3 is 0 Å². The van der Waals surface area contributed by atoms with Crippen LogP contribution in [0.5, 0.6) is 0 Å². The SMILES string of the molecule is COCCNc1cc(-c2ccccc2)nc(N(C)Cc2ccccc2)n1. The summed E-state index contributed by atoms with van der Waals surface area (Å²) in [5.74, 6) is 1.49. The number of nitrogens with one attached hydrogen (secondary N) is 1. The van der Waals surface area contributed by atoms with Gasteiger partial charge in [0.1, 0.15) is 5.82 Å². The summed E-state index contributed by atoms with van der Waals surface area (Å²) in [6.45, 7) is 2.07. The van der Waals surface area contributed by atoms with Crippen LogP contribution in [0.25, 0.3) is 11.3 Å². The second-order valence-corrected chi connectivity index (χ2v) is 6.07. The molecule has 0 amide bonds. The molecule has 5 nitrogen and oxygen atoms in total. The molecule has 1 N–H and O–H groups in total. The van der Waals surface area contributed by atoms with E-state index in [2.05, 4.69) is 39.5 Å². The summed E-state index contributed by atoms with van der Waals surface area (Å²) in [5.41, 5.74) is 3.19. The number of aromatic nitrogens is 2. The largest absolute Gasteiger partial charge is 0.383 e. The molecule has 0 saturated heterocycles. The molecule has 0 spiro atoms. The molecule has 0 bridgehead atoms. The summed E-state index contributed by atoms with van der Waals surface area (Å²) in [7, 11) is 3.70. The minimum Gasteiger partial charge on any atom is -0.383 e. The van der Waals surface area contributed by atoms with E-state index in [1.54, 1.807) is 7.11 Å². The molecule has 26 heavy (non-hydrogen) atoms. The van der Waals surface area contributed by atoms with Crippen LogP contribution in [-0.2, 0) is 11.3 Å². The van der Waals surface area contributed by atoms with E-state index in [-0.39, 0.29) is 0 Å². The summed E-state index contributed by atoms with van der Waals surface area (Å²) in [4.78, 5) is 11.5. The Hall–Kier alpha value is -2.92. The highest BCUT2D eigenvalue weighted by Crippen LogP contribution is 2.23. The van der Waals surface area contributed by atoms with Gasteiger partial charge in [0.2, 0.25) is 5.95 Å². The highest BCUT2D eigenvalue weighted by molar-refractivity contribution is 5.64. The Kier molecular flexibility index (Phi) is 6.17. The molecule has 3 aromatic rings. The maximum atomic E-state index is 5.12. The minimum atomic E-state index is 0.625. The van der Waals surface area contributed by atoms with Crippen molar-refractivity contribution in [2.45, 2.75) is 6.54 Å². The molecule has 3 rings (SSSR count). The van der Waals surface area contributed by atoms with Gasteiger partial charge in [0.15, 0.2) is 0 Å². The standard InChI is InChI=1S/C21H24N4O/c1-25(16-17-9-5-3-6-10-17)21-23-19(18-11-7-4-8-12-18)15-20(24-21)22-13-14-26-2/h3-12,15H,13-14,16H2,1-2H3,(H,22,23,24). The van der Waals surface area contributed by atoms with Crippen molar-refractivity contribution < 1.29 is 4.74 Å². The van der Waals surface area contributed by atoms with E-state index in [4.69, 9.17) is 9.72 Å². The van der Waals surface area contributed by atoms with Gasteiger partial charge in [-0.3, -0.25) is 0 Å². The summed E-state index contributed by atoms with van der Waals surface area (Å²) in [6.07, 6.45) is 0. The number of anilines is 2. The van der Waals surface area contributed by atoms with Crippen LogP contribution in [-0.4, -0.2) is 37.3 Å². The molecule has 0 atom stereocenters. The molecule has 2 aromatic carbocycles. The number of rotatable bonds is 8. The second-order valence-electron chi connectivity index (χ2n) is 6.07. The number of methoxy groups -OCH3 is 1. The summed E-state index contributed by atoms with van der Waals surface area (Å²) < 4.78 is 5.12. The average molecular weight is 348 g/mol. The Labute approximate surface area is 154 Å². The van der Waals surface area contributed by atoms with Crippen molar-refractivity contribution in [1.82, 2.24) is 9.97 Å². The molecule has 0 fully saturated rings. The van der Waals surface area contributed by atoms with Gasteiger partial charge in [0, 0.05) is 38.9 Å². The van der Waals surface area contributed by atoms with E-state index in [1.165, 1.54) is 5.56 Å². The fourth-order valence-corrected chi connectivity index (χ4v) is 2.66. The average Bonchev–Trinajstić information content (AvgIpc) is 2.69. The third kappa shape index (κ3) is 4.80. The third-order valence-corrected chi connectivity index (χ3v) is 4.00. The maximum absolute atomic E-state index is 5.12. The van der Waals surface area contributed by atoms with E-state index in [9.17, 15) is 0 Å². The Balaban J connectivity index is 1.88. The van der Waals surface area contributed by atoms with Gasteiger partial charge in [-0.15, -0.1) is 0 Å². The lowest BCUT2D eigenvalue weighted by Crippen LogP contribution is -2.20. The number of benzene rings is 2. The van der Waals surface area contributed by atoms with Crippen molar-refractivity contribution in [2.24, 2.45) is 0 Å². The van der Waals surface area contributed by atoms with Crippen LogP contribution in [0.2, 0.25) is 0 Å². The lowest BCUT2D eigenvalue weighted by molar-refractivity contribution is 0.210. The van der Waals surface area contributed by atoms with Gasteiger partial charge in [-0.1, -0.05) is 60.7 Å². The van der Waals surface area contributed by atoms with Crippen molar-refractivity contribution in [2.75, 3.05) is 37.5 Å². The number of nitrogens with zero attached hydrogens (tertiary/aromatic N) is 3. The maximum Gasteiger partial charge on any atom is 0.227 e. The quantitative estimate of drug-likeness (QED) is 0.627. The monoisotopic (exact) mass is 348 g/mol. The zero-order valence-electron chi connectivity index (χ0n) is 15.2. The number of ether oxygens (including phenoxy) is 1. The van der Waals surface area contributed by atoms with E-state index >= 15 is 0 Å². The highest BCUT2D eigenvalue weighted by Gasteiger charge is 2.11. The van der Waals surface area contributed by atoms with Gasteiger partial charge in [-0.25, -0.2) is 4.98 Å². The van der Waals surface area contributed by atoms with Crippen LogP contribution in [0.3, 0.4) is 0 Å². The molecule has 1 aromatic heterocycles. The smallest absolute Gasteiger partial charge is 0.227 e. The molecule has 0 aliphatic rings. The van der Waals surface area contributed by atoms with E-state index < -0.39 is 0 Å². The molecule has 0 aliphatic heterocycles. The Morgan fingerprint density at radius 3 is 2.35 bits per heavy atom. The first-order valence-corrected chi connectivity index (χ1v) is 8.68. The van der Waals surface area contributed by atoms with Crippen molar-refractivity contribution in [3.05, 3.63) is 72.3 Å². The molecular formula is C21H24N4O. The lowest BCUT2D eigenvalue weighted by Gasteiger charge is -2.19. The van der Waals surface area contributed by atoms with E-state index in [0.29, 0.717) is 19.1 Å². The van der Waals surface area contributed by atoms with Crippen LogP contribution in [0, 0.1) is 0 Å². The van der Waals surface area contributed by atoms with Crippen LogP contribution in [0.4, 0.5) is 11.8 Å². The molecule has 5 heteroatoms. The van der Waals surface area contributed by atoms with Crippen LogP contribution in [0.1, 0.15) is 5.56 Å². The molecule has 0 saturated carbocycles. The third-order valence-electron chi connectivity index (χ3n) is 4.00. The Morgan fingerprint density at radius 1 is 0.962 bits per heavy atom. The fourth-order valence-electron chi connectivity index (χ4n) is 2.66. The first-order chi connectivity index (χ1) is 12.8. The molecule has 0 unspecified atom stereocenters. The Morgan fingerprint density at radius 2 is 1.65 bits per heavy atom. The molecule has 0 aliphatic carbocycles. The van der Waals surface area contributed by atoms with Crippen LogP contribution < -0.4 is 10.2 Å². The number of hydrogen-bond acceptors (Lipinski definition) is 5. The van der Waals surface area contributed by atoms with Crippen molar-refractivity contribution in [1.29, 1.82) is 0 Å².